The zero-order chi connectivity index (χ0) is 37.6. The molecule has 0 spiro atoms. The van der Waals surface area contributed by atoms with E-state index in [-0.39, 0.29) is 41.8 Å². The molecule has 0 unspecified atom stereocenters. The van der Waals surface area contributed by atoms with Crippen LogP contribution in [0.1, 0.15) is 12.3 Å². The van der Waals surface area contributed by atoms with Crippen molar-refractivity contribution in [2.75, 3.05) is 0 Å². The molecule has 0 aliphatic rings. The van der Waals surface area contributed by atoms with Gasteiger partial charge >= 0.3 is 0 Å². The summed E-state index contributed by atoms with van der Waals surface area (Å²) in [6.07, 6.45) is 0. The van der Waals surface area contributed by atoms with Gasteiger partial charge in [-0.3, -0.25) is 0 Å². The van der Waals surface area contributed by atoms with Gasteiger partial charge in [0.1, 0.15) is 11.2 Å². The Kier molecular flexibility index (Phi) is 4.15. The van der Waals surface area contributed by atoms with E-state index in [2.05, 4.69) is 0 Å². The highest BCUT2D eigenvalue weighted by Crippen LogP contribution is 2.49. The van der Waals surface area contributed by atoms with Gasteiger partial charge in [-0.1, -0.05) is 158 Å². The van der Waals surface area contributed by atoms with Crippen molar-refractivity contribution in [1.82, 2.24) is 0 Å². The third-order valence-electron chi connectivity index (χ3n) is 8.49. The Hall–Kier alpha value is -5.92. The molecule has 1 nitrogen and oxygen atoms in total. The lowest BCUT2D eigenvalue weighted by Crippen LogP contribution is -1.93. The van der Waals surface area contributed by atoms with Crippen LogP contribution in [0.4, 0.5) is 0 Å². The van der Waals surface area contributed by atoms with Crippen LogP contribution in [-0.2, 0) is 0 Å². The maximum atomic E-state index is 9.32. The smallest absolute Gasteiger partial charge is 0.136 e. The van der Waals surface area contributed by atoms with Crippen molar-refractivity contribution >= 4 is 43.5 Å². The molecule has 1 aromatic heterocycles. The van der Waals surface area contributed by atoms with Crippen molar-refractivity contribution in [2.24, 2.45) is 0 Å². The highest BCUT2D eigenvalue weighted by molar-refractivity contribution is 6.27. The van der Waals surface area contributed by atoms with E-state index in [1.165, 1.54) is 0 Å². The van der Waals surface area contributed by atoms with E-state index >= 15 is 0 Å². The number of rotatable bonds is 4. The van der Waals surface area contributed by atoms with E-state index in [9.17, 15) is 1.37 Å². The summed E-state index contributed by atoms with van der Waals surface area (Å²) >= 11 is 0. The summed E-state index contributed by atoms with van der Waals surface area (Å²) in [5, 5.41) is 4.56. The summed E-state index contributed by atoms with van der Waals surface area (Å²) in [6.45, 7) is 0. The van der Waals surface area contributed by atoms with E-state index in [1.54, 1.807) is 12.1 Å². The second-order valence-electron chi connectivity index (χ2n) is 10.9. The summed E-state index contributed by atoms with van der Waals surface area (Å²) in [5.41, 5.74) is 5.42. The van der Waals surface area contributed by atoms with Gasteiger partial charge in [-0.25, -0.2) is 0 Å². The summed E-state index contributed by atoms with van der Waals surface area (Å²) in [4.78, 5) is 0. The molecule has 9 rings (SSSR count). The quantitative estimate of drug-likeness (QED) is 0.188. The molecular formula is C44H28O. The second kappa shape index (κ2) is 10.4. The van der Waals surface area contributed by atoms with Crippen molar-refractivity contribution in [3.8, 4) is 44.5 Å². The van der Waals surface area contributed by atoms with Gasteiger partial charge in [0.15, 0.2) is 0 Å². The van der Waals surface area contributed by atoms with Gasteiger partial charge in [0.25, 0.3) is 0 Å². The average molecular weight is 582 g/mol. The van der Waals surface area contributed by atoms with E-state index in [0.717, 1.165) is 32.7 Å². The van der Waals surface area contributed by atoms with E-state index < -0.39 is 18.1 Å². The fraction of sp³-hybridized carbons (Fsp3) is 0. The SMILES string of the molecule is [2H]c1c([2H])c([2H])c(-c2cccc3oc4cccc(-c5c6ccccc6c(-c6c([2H])c([2H])c([2H])c([2H])c6-c6ccccc6)c6ccccc56)c4c23)c([2H])c1[2H]. The molecule has 1 heterocycles. The Labute approximate surface area is 274 Å². The minimum absolute atomic E-state index is 0.0841. The maximum Gasteiger partial charge on any atom is 0.136 e. The van der Waals surface area contributed by atoms with E-state index in [1.807, 2.05) is 103 Å². The topological polar surface area (TPSA) is 13.1 Å². The van der Waals surface area contributed by atoms with Crippen LogP contribution in [0.5, 0.6) is 0 Å². The molecule has 210 valence electrons. The molecule has 1 heteroatoms. The molecule has 0 aliphatic heterocycles. The monoisotopic (exact) mass is 581 g/mol. The van der Waals surface area contributed by atoms with Crippen LogP contribution in [0.15, 0.2) is 174 Å². The van der Waals surface area contributed by atoms with E-state index in [4.69, 9.17) is 15.4 Å². The molecule has 0 radical (unpaired) electrons. The molecule has 0 bridgehead atoms. The summed E-state index contributed by atoms with van der Waals surface area (Å²) in [7, 11) is 0. The third kappa shape index (κ3) is 4.02. The molecule has 45 heavy (non-hydrogen) atoms. The first-order valence-corrected chi connectivity index (χ1v) is 14.7. The highest BCUT2D eigenvalue weighted by Gasteiger charge is 2.22. The Balaban J connectivity index is 1.45. The first-order valence-electron chi connectivity index (χ1n) is 19.2. The lowest BCUT2D eigenvalue weighted by molar-refractivity contribution is 0.669. The largest absolute Gasteiger partial charge is 0.456 e. The molecule has 0 fully saturated rings. The van der Waals surface area contributed by atoms with Gasteiger partial charge in [0.05, 0.1) is 12.3 Å². The van der Waals surface area contributed by atoms with E-state index in [0.29, 0.717) is 49.8 Å². The lowest BCUT2D eigenvalue weighted by atomic mass is 9.83. The molecule has 0 amide bonds. The van der Waals surface area contributed by atoms with Crippen molar-refractivity contribution in [2.45, 2.75) is 0 Å². The van der Waals surface area contributed by atoms with Crippen molar-refractivity contribution < 1.29 is 16.8 Å². The standard InChI is InChI=1S/C44H28O/c1-3-15-29(16-4-1)31-19-7-8-20-33(31)41-34-21-9-11-23-36(34)42(37-24-12-10-22-35(37)41)38-26-14-28-40-44(38)43-32(25-13-27-39(43)45-40)30-17-5-2-6-18-30/h1-28H/i2D,5D,6D,7D,8D,17D,18D,19D,20D. The third-order valence-corrected chi connectivity index (χ3v) is 8.49. The van der Waals surface area contributed by atoms with Crippen LogP contribution in [0.25, 0.3) is 88.0 Å². The number of furan rings is 1. The molecule has 8 aromatic carbocycles. The van der Waals surface area contributed by atoms with Crippen molar-refractivity contribution in [3.63, 3.8) is 0 Å². The first-order chi connectivity index (χ1) is 26.1. The molecule has 0 atom stereocenters. The van der Waals surface area contributed by atoms with Gasteiger partial charge in [0.2, 0.25) is 0 Å². The second-order valence-corrected chi connectivity index (χ2v) is 10.9. The number of hydrogen-bond donors (Lipinski definition) is 0. The van der Waals surface area contributed by atoms with Crippen LogP contribution in [0.3, 0.4) is 0 Å². The Morgan fingerprint density at radius 1 is 0.356 bits per heavy atom. The number of hydrogen-bond acceptors (Lipinski definition) is 1. The van der Waals surface area contributed by atoms with Gasteiger partial charge in [-0.15, -0.1) is 0 Å². The van der Waals surface area contributed by atoms with Crippen LogP contribution in [0, 0.1) is 0 Å². The zero-order valence-electron chi connectivity index (χ0n) is 32.9. The first kappa shape index (κ1) is 18.0. The molecule has 9 aromatic rings. The van der Waals surface area contributed by atoms with Gasteiger partial charge in [-0.2, -0.15) is 0 Å². The molecule has 0 N–H and O–H groups in total. The van der Waals surface area contributed by atoms with Crippen molar-refractivity contribution in [1.29, 1.82) is 0 Å². The maximum absolute atomic E-state index is 9.32. The molecular weight excluding hydrogens is 544 g/mol. The van der Waals surface area contributed by atoms with Crippen LogP contribution in [0.2, 0.25) is 0 Å². The average Bonchev–Trinajstić information content (AvgIpc) is 3.59. The van der Waals surface area contributed by atoms with Gasteiger partial charge < -0.3 is 4.42 Å². The molecule has 0 aliphatic carbocycles. The van der Waals surface area contributed by atoms with Crippen LogP contribution in [-0.4, -0.2) is 0 Å². The lowest BCUT2D eigenvalue weighted by Gasteiger charge is -2.20. The Morgan fingerprint density at radius 2 is 0.844 bits per heavy atom. The summed E-state index contributed by atoms with van der Waals surface area (Å²) < 4.78 is 84.9. The Bertz CT molecular complexity index is 2960. The predicted molar refractivity (Wildman–Crippen MR) is 190 cm³/mol. The van der Waals surface area contributed by atoms with Crippen LogP contribution < -0.4 is 0 Å². The number of benzene rings is 8. The fourth-order valence-corrected chi connectivity index (χ4v) is 6.68. The van der Waals surface area contributed by atoms with Crippen LogP contribution >= 0.6 is 0 Å². The summed E-state index contributed by atoms with van der Waals surface area (Å²) in [5.74, 6) is 0. The van der Waals surface area contributed by atoms with Gasteiger partial charge in [0, 0.05) is 10.8 Å². The highest BCUT2D eigenvalue weighted by atomic mass is 16.3. The fourth-order valence-electron chi connectivity index (χ4n) is 6.68. The predicted octanol–water partition coefficient (Wildman–Crippen LogP) is 12.6. The molecule has 0 saturated heterocycles. The Morgan fingerprint density at radius 3 is 1.47 bits per heavy atom. The minimum atomic E-state index is -0.463. The van der Waals surface area contributed by atoms with Gasteiger partial charge in [-0.05, 0) is 78.2 Å². The number of fused-ring (bicyclic) bond motifs is 5. The normalized spacial score (nSPS) is 14.4. The zero-order valence-corrected chi connectivity index (χ0v) is 23.9. The summed E-state index contributed by atoms with van der Waals surface area (Å²) in [6, 6.07) is 33.3. The van der Waals surface area contributed by atoms with Crippen molar-refractivity contribution in [3.05, 3.63) is 170 Å². The molecule has 0 saturated carbocycles. The minimum Gasteiger partial charge on any atom is -0.456 e.